The van der Waals surface area contributed by atoms with Crippen LogP contribution in [0.25, 0.3) is 0 Å². The molecule has 0 aliphatic carbocycles. The van der Waals surface area contributed by atoms with Crippen molar-refractivity contribution in [2.45, 2.75) is 20.0 Å². The van der Waals surface area contributed by atoms with Crippen LogP contribution in [0.2, 0.25) is 0 Å². The number of benzene rings is 2. The van der Waals surface area contributed by atoms with Crippen molar-refractivity contribution in [3.8, 4) is 0 Å². The molecule has 7 nitrogen and oxygen atoms in total. The highest BCUT2D eigenvalue weighted by atomic mass is 19.4. The third kappa shape index (κ3) is 5.44. The largest absolute Gasteiger partial charge is 0.416 e. The van der Waals surface area contributed by atoms with Gasteiger partial charge < -0.3 is 20.3 Å². The van der Waals surface area contributed by atoms with Crippen LogP contribution in [0.5, 0.6) is 0 Å². The maximum atomic E-state index is 13.1. The normalized spacial score (nSPS) is 14.3. The second-order valence-corrected chi connectivity index (χ2v) is 7.59. The Kier molecular flexibility index (Phi) is 6.13. The number of morpholine rings is 1. The zero-order valence-corrected chi connectivity index (χ0v) is 17.7. The third-order valence-electron chi connectivity index (χ3n) is 4.84. The van der Waals surface area contributed by atoms with E-state index in [1.807, 2.05) is 30.9 Å². The molecule has 0 atom stereocenters. The summed E-state index contributed by atoms with van der Waals surface area (Å²) in [5, 5.41) is 6.07. The van der Waals surface area contributed by atoms with E-state index < -0.39 is 11.7 Å². The topological polar surface area (TPSA) is 75.2 Å². The van der Waals surface area contributed by atoms with Gasteiger partial charge in [0.25, 0.3) is 0 Å². The van der Waals surface area contributed by atoms with Crippen molar-refractivity contribution in [2.24, 2.45) is 0 Å². The fourth-order valence-electron chi connectivity index (χ4n) is 3.46. The van der Waals surface area contributed by atoms with Gasteiger partial charge in [0, 0.05) is 24.5 Å². The summed E-state index contributed by atoms with van der Waals surface area (Å²) in [6.45, 7) is 6.28. The molecule has 1 fully saturated rings. The van der Waals surface area contributed by atoms with Gasteiger partial charge in [-0.1, -0.05) is 12.1 Å². The van der Waals surface area contributed by atoms with E-state index in [4.69, 9.17) is 4.74 Å². The molecule has 0 radical (unpaired) electrons. The second kappa shape index (κ2) is 8.99. The van der Waals surface area contributed by atoms with Gasteiger partial charge in [-0.2, -0.15) is 28.1 Å². The van der Waals surface area contributed by atoms with Crippen molar-refractivity contribution in [2.75, 3.05) is 41.8 Å². The second-order valence-electron chi connectivity index (χ2n) is 7.59. The maximum absolute atomic E-state index is 13.1. The first kappa shape index (κ1) is 21.8. The van der Waals surface area contributed by atoms with E-state index in [-0.39, 0.29) is 11.6 Å². The van der Waals surface area contributed by atoms with Gasteiger partial charge in [0.2, 0.25) is 17.8 Å². The fourth-order valence-corrected chi connectivity index (χ4v) is 3.46. The average Bonchev–Trinajstić information content (AvgIpc) is 2.73. The molecule has 0 unspecified atom stereocenters. The number of hydrogen-bond acceptors (Lipinski definition) is 7. The quantitative estimate of drug-likeness (QED) is 0.584. The first-order valence-electron chi connectivity index (χ1n) is 10.1. The highest BCUT2D eigenvalue weighted by Crippen LogP contribution is 2.31. The smallest absolute Gasteiger partial charge is 0.378 e. The monoisotopic (exact) mass is 444 g/mol. The summed E-state index contributed by atoms with van der Waals surface area (Å²) >= 11 is 0. The van der Waals surface area contributed by atoms with Gasteiger partial charge in [0.1, 0.15) is 0 Å². The van der Waals surface area contributed by atoms with E-state index >= 15 is 0 Å². The summed E-state index contributed by atoms with van der Waals surface area (Å²) in [6, 6.07) is 10.9. The minimum absolute atomic E-state index is 0.146. The average molecular weight is 444 g/mol. The molecule has 0 spiro atoms. The van der Waals surface area contributed by atoms with Crippen molar-refractivity contribution in [3.05, 3.63) is 59.2 Å². The van der Waals surface area contributed by atoms with Crippen molar-refractivity contribution >= 4 is 29.2 Å². The number of halogens is 3. The minimum atomic E-state index is -4.44. The van der Waals surface area contributed by atoms with Crippen molar-refractivity contribution < 1.29 is 17.9 Å². The van der Waals surface area contributed by atoms with Crippen LogP contribution in [0.3, 0.4) is 0 Å². The molecular weight excluding hydrogens is 421 g/mol. The molecule has 2 aromatic carbocycles. The van der Waals surface area contributed by atoms with Crippen LogP contribution in [0.15, 0.2) is 42.5 Å². The lowest BCUT2D eigenvalue weighted by Crippen LogP contribution is -2.37. The van der Waals surface area contributed by atoms with E-state index in [9.17, 15) is 13.2 Å². The van der Waals surface area contributed by atoms with Gasteiger partial charge in [0.15, 0.2) is 0 Å². The fraction of sp³-hybridized carbons (Fsp3) is 0.318. The van der Waals surface area contributed by atoms with Gasteiger partial charge in [-0.25, -0.2) is 0 Å². The SMILES string of the molecule is Cc1cc(C)cc(Nc2nc(Nc3cccc(C(F)(F)F)c3)nc(N3CCOCC3)n2)c1. The van der Waals surface area contributed by atoms with E-state index in [1.54, 1.807) is 0 Å². The number of anilines is 5. The van der Waals surface area contributed by atoms with Crippen molar-refractivity contribution in [1.29, 1.82) is 0 Å². The number of nitrogens with one attached hydrogen (secondary N) is 2. The minimum Gasteiger partial charge on any atom is -0.378 e. The number of hydrogen-bond donors (Lipinski definition) is 2. The Labute approximate surface area is 183 Å². The van der Waals surface area contributed by atoms with Gasteiger partial charge in [-0.05, 0) is 55.3 Å². The van der Waals surface area contributed by atoms with Crippen LogP contribution in [-0.4, -0.2) is 41.3 Å². The Morgan fingerprint density at radius 1 is 0.844 bits per heavy atom. The van der Waals surface area contributed by atoms with E-state index in [0.717, 1.165) is 28.9 Å². The number of aryl methyl sites for hydroxylation is 2. The van der Waals surface area contributed by atoms with Crippen LogP contribution in [-0.2, 0) is 10.9 Å². The lowest BCUT2D eigenvalue weighted by Gasteiger charge is -2.27. The van der Waals surface area contributed by atoms with Gasteiger partial charge in [-0.3, -0.25) is 0 Å². The lowest BCUT2D eigenvalue weighted by atomic mass is 10.1. The molecule has 1 aliphatic rings. The molecule has 10 heteroatoms. The van der Waals surface area contributed by atoms with Crippen LogP contribution >= 0.6 is 0 Å². The molecule has 0 amide bonds. The number of aromatic nitrogens is 3. The standard InChI is InChI=1S/C22H23F3N6O/c1-14-10-15(2)12-18(11-14)27-20-28-19(29-21(30-20)31-6-8-32-9-7-31)26-17-5-3-4-16(13-17)22(23,24)25/h3-5,10-13H,6-9H2,1-2H3,(H2,26,27,28,29,30). The Morgan fingerprint density at radius 3 is 2.09 bits per heavy atom. The van der Waals surface area contributed by atoms with Crippen molar-refractivity contribution in [3.63, 3.8) is 0 Å². The summed E-state index contributed by atoms with van der Waals surface area (Å²) in [5.74, 6) is 0.860. The Balaban J connectivity index is 1.67. The highest BCUT2D eigenvalue weighted by molar-refractivity contribution is 5.61. The van der Waals surface area contributed by atoms with Crippen LogP contribution < -0.4 is 15.5 Å². The zero-order valence-electron chi connectivity index (χ0n) is 17.7. The van der Waals surface area contributed by atoms with E-state index in [2.05, 4.69) is 31.7 Å². The first-order chi connectivity index (χ1) is 15.3. The molecule has 3 aromatic rings. The molecule has 2 N–H and O–H groups in total. The van der Waals surface area contributed by atoms with Gasteiger partial charge in [-0.15, -0.1) is 0 Å². The van der Waals surface area contributed by atoms with Gasteiger partial charge >= 0.3 is 6.18 Å². The van der Waals surface area contributed by atoms with Crippen LogP contribution in [0, 0.1) is 13.8 Å². The molecule has 168 valence electrons. The molecule has 1 aromatic heterocycles. The molecule has 1 saturated heterocycles. The summed E-state index contributed by atoms with van der Waals surface area (Å²) in [4.78, 5) is 15.3. The predicted octanol–water partition coefficient (Wildman–Crippen LogP) is 4.83. The summed E-state index contributed by atoms with van der Waals surface area (Å²) in [5.41, 5.74) is 2.45. The molecule has 1 aliphatic heterocycles. The van der Waals surface area contributed by atoms with E-state index in [1.165, 1.54) is 12.1 Å². The molecule has 2 heterocycles. The Morgan fingerprint density at radius 2 is 1.47 bits per heavy atom. The van der Waals surface area contributed by atoms with Crippen molar-refractivity contribution in [1.82, 2.24) is 15.0 Å². The number of alkyl halides is 3. The predicted molar refractivity (Wildman–Crippen MR) is 117 cm³/mol. The summed E-state index contributed by atoms with van der Waals surface area (Å²) in [6.07, 6.45) is -4.44. The summed E-state index contributed by atoms with van der Waals surface area (Å²) in [7, 11) is 0. The number of ether oxygens (including phenoxy) is 1. The van der Waals surface area contributed by atoms with Gasteiger partial charge in [0.05, 0.1) is 18.8 Å². The summed E-state index contributed by atoms with van der Waals surface area (Å²) < 4.78 is 44.7. The lowest BCUT2D eigenvalue weighted by molar-refractivity contribution is -0.137. The Bertz CT molecular complexity index is 1080. The molecule has 4 rings (SSSR count). The third-order valence-corrected chi connectivity index (χ3v) is 4.84. The van der Waals surface area contributed by atoms with E-state index in [0.29, 0.717) is 38.2 Å². The highest BCUT2D eigenvalue weighted by Gasteiger charge is 2.30. The molecule has 0 bridgehead atoms. The maximum Gasteiger partial charge on any atom is 0.416 e. The Hall–Kier alpha value is -3.40. The molecular formula is C22H23F3N6O. The number of nitrogens with zero attached hydrogens (tertiary/aromatic N) is 4. The molecule has 0 saturated carbocycles. The molecule has 32 heavy (non-hydrogen) atoms. The zero-order chi connectivity index (χ0) is 22.7. The van der Waals surface area contributed by atoms with Crippen LogP contribution in [0.1, 0.15) is 16.7 Å². The first-order valence-corrected chi connectivity index (χ1v) is 10.1. The number of rotatable bonds is 5. The van der Waals surface area contributed by atoms with Crippen LogP contribution in [0.4, 0.5) is 42.4 Å².